The van der Waals surface area contributed by atoms with Crippen LogP contribution in [0.5, 0.6) is 5.75 Å². The fraction of sp³-hybridized carbons (Fsp3) is 0.682. The van der Waals surface area contributed by atoms with Crippen molar-refractivity contribution in [3.8, 4) is 5.75 Å². The number of carbonyl (C=O) groups excluding carboxylic acids is 1. The van der Waals surface area contributed by atoms with E-state index in [9.17, 15) is 9.90 Å². The van der Waals surface area contributed by atoms with Gasteiger partial charge in [0.1, 0.15) is 18.1 Å². The maximum absolute atomic E-state index is 12.5. The normalized spacial score (nSPS) is 33.1. The molecule has 1 aromatic rings. The average molecular weight is 469 g/mol. The minimum absolute atomic E-state index is 0. The minimum Gasteiger partial charge on any atom is -1.00 e. The zero-order valence-corrected chi connectivity index (χ0v) is 18.7. The van der Waals surface area contributed by atoms with Crippen molar-refractivity contribution < 1.29 is 38.4 Å². The molecule has 3 aliphatic carbocycles. The van der Waals surface area contributed by atoms with Crippen molar-refractivity contribution in [1.82, 2.24) is 0 Å². The van der Waals surface area contributed by atoms with Gasteiger partial charge in [-0.1, -0.05) is 6.92 Å². The molecule has 4 unspecified atom stereocenters. The number of hydrogen-bond donors (Lipinski definition) is 1. The van der Waals surface area contributed by atoms with E-state index in [0.29, 0.717) is 29.3 Å². The van der Waals surface area contributed by atoms with Crippen LogP contribution in [0.3, 0.4) is 0 Å². The van der Waals surface area contributed by atoms with Crippen molar-refractivity contribution in [3.63, 3.8) is 0 Å². The zero-order chi connectivity index (χ0) is 18.0. The molecule has 4 atom stereocenters. The number of aryl methyl sites for hydroxylation is 1. The van der Waals surface area contributed by atoms with Crippen LogP contribution in [0.2, 0.25) is 0 Å². The minimum atomic E-state index is -0.0548. The summed E-state index contributed by atoms with van der Waals surface area (Å²) in [5, 5.41) is 10.5. The molecule has 2 saturated carbocycles. The molecule has 1 N–H and O–H groups in total. The Morgan fingerprint density at radius 2 is 1.88 bits per heavy atom. The Morgan fingerprint density at radius 3 is 2.58 bits per heavy atom. The number of phenols is 1. The maximum atomic E-state index is 12.5. The molecule has 0 radical (unpaired) electrons. The Bertz CT molecular complexity index is 724. The molecule has 144 valence electrons. The van der Waals surface area contributed by atoms with Crippen LogP contribution in [-0.4, -0.2) is 36.5 Å². The summed E-state index contributed by atoms with van der Waals surface area (Å²) in [5.74, 6) is 2.78. The lowest BCUT2D eigenvalue weighted by molar-refractivity contribution is -0.884. The molecule has 4 heteroatoms. The van der Waals surface area contributed by atoms with E-state index in [4.69, 9.17) is 0 Å². The first-order chi connectivity index (χ1) is 11.7. The third-order valence-electron chi connectivity index (χ3n) is 7.28. The van der Waals surface area contributed by atoms with Crippen molar-refractivity contribution >= 4 is 5.78 Å². The Hall–Kier alpha value is -0.620. The topological polar surface area (TPSA) is 37.3 Å². The summed E-state index contributed by atoms with van der Waals surface area (Å²) in [6.45, 7) is 3.08. The standard InChI is InChI=1S/C22H31NO2.HI/c1-22-10-9-16-17(19(22)7-8-21(22)25)6-5-14-12-20(24)15(11-18(14)16)13-23(2,3)4;/h11-12,16-17,19H,5-10,13H2,1-4H3;1H. The fourth-order valence-corrected chi connectivity index (χ4v) is 6.06. The van der Waals surface area contributed by atoms with Gasteiger partial charge in [-0.05, 0) is 73.1 Å². The number of rotatable bonds is 2. The first kappa shape index (κ1) is 20.1. The maximum Gasteiger partial charge on any atom is 0.139 e. The van der Waals surface area contributed by atoms with Crippen LogP contribution in [0.15, 0.2) is 12.1 Å². The van der Waals surface area contributed by atoms with E-state index in [0.717, 1.165) is 48.7 Å². The Balaban J connectivity index is 0.00000196. The molecule has 0 spiro atoms. The van der Waals surface area contributed by atoms with E-state index in [-0.39, 0.29) is 29.4 Å². The van der Waals surface area contributed by atoms with Gasteiger partial charge >= 0.3 is 0 Å². The van der Waals surface area contributed by atoms with Gasteiger partial charge in [-0.25, -0.2) is 0 Å². The largest absolute Gasteiger partial charge is 1.00 e. The predicted octanol–water partition coefficient (Wildman–Crippen LogP) is 1.03. The number of Topliss-reactive ketones (excluding diaryl/α,β-unsaturated/α-hetero) is 1. The summed E-state index contributed by atoms with van der Waals surface area (Å²) in [6.07, 6.45) is 6.29. The Morgan fingerprint density at radius 1 is 1.15 bits per heavy atom. The number of benzene rings is 1. The first-order valence-electron chi connectivity index (χ1n) is 9.87. The van der Waals surface area contributed by atoms with Crippen LogP contribution < -0.4 is 24.0 Å². The first-order valence-corrected chi connectivity index (χ1v) is 9.87. The number of carbonyl (C=O) groups is 1. The van der Waals surface area contributed by atoms with Crippen molar-refractivity contribution in [2.24, 2.45) is 17.3 Å². The molecule has 0 amide bonds. The number of phenolic OH excluding ortho intramolecular Hbond substituents is 1. The highest BCUT2D eigenvalue weighted by Crippen LogP contribution is 2.59. The second-order valence-electron chi connectivity index (χ2n) is 9.96. The summed E-state index contributed by atoms with van der Waals surface area (Å²) >= 11 is 0. The highest BCUT2D eigenvalue weighted by atomic mass is 127. The fourth-order valence-electron chi connectivity index (χ4n) is 6.06. The Kier molecular flexibility index (Phi) is 5.24. The van der Waals surface area contributed by atoms with E-state index in [1.165, 1.54) is 17.5 Å². The molecule has 0 aromatic heterocycles. The molecule has 4 rings (SSSR count). The van der Waals surface area contributed by atoms with E-state index < -0.39 is 0 Å². The van der Waals surface area contributed by atoms with E-state index in [1.807, 2.05) is 6.07 Å². The number of ketones is 1. The predicted molar refractivity (Wildman–Crippen MR) is 99.5 cm³/mol. The van der Waals surface area contributed by atoms with Gasteiger partial charge in [-0.3, -0.25) is 4.79 Å². The van der Waals surface area contributed by atoms with Crippen LogP contribution in [0.25, 0.3) is 0 Å². The van der Waals surface area contributed by atoms with E-state index >= 15 is 0 Å². The summed E-state index contributed by atoms with van der Waals surface area (Å²) in [6, 6.07) is 4.33. The molecule has 1 aromatic carbocycles. The van der Waals surface area contributed by atoms with Gasteiger partial charge in [-0.2, -0.15) is 0 Å². The number of fused-ring (bicyclic) bond motifs is 5. The third-order valence-corrected chi connectivity index (χ3v) is 7.28. The number of halogens is 1. The van der Waals surface area contributed by atoms with Crippen molar-refractivity contribution in [3.05, 3.63) is 28.8 Å². The highest BCUT2D eigenvalue weighted by Gasteiger charge is 2.54. The number of hydrogen-bond acceptors (Lipinski definition) is 2. The summed E-state index contributed by atoms with van der Waals surface area (Å²) < 4.78 is 0.815. The number of nitrogens with zero attached hydrogens (tertiary/aromatic N) is 1. The number of aromatic hydroxyl groups is 1. The van der Waals surface area contributed by atoms with Crippen molar-refractivity contribution in [2.45, 2.75) is 57.9 Å². The molecular formula is C22H32INO2. The second-order valence-corrected chi connectivity index (χ2v) is 9.96. The van der Waals surface area contributed by atoms with Gasteiger partial charge < -0.3 is 33.6 Å². The van der Waals surface area contributed by atoms with Crippen LogP contribution >= 0.6 is 0 Å². The third kappa shape index (κ3) is 3.21. The van der Waals surface area contributed by atoms with Crippen molar-refractivity contribution in [1.29, 1.82) is 0 Å². The van der Waals surface area contributed by atoms with Crippen LogP contribution in [0, 0.1) is 17.3 Å². The van der Waals surface area contributed by atoms with Gasteiger partial charge in [0.15, 0.2) is 0 Å². The summed E-state index contributed by atoms with van der Waals surface area (Å²) in [5.41, 5.74) is 3.83. The van der Waals surface area contributed by atoms with Crippen molar-refractivity contribution in [2.75, 3.05) is 21.1 Å². The molecule has 26 heavy (non-hydrogen) atoms. The lowest BCUT2D eigenvalue weighted by Crippen LogP contribution is -3.00. The molecule has 0 bridgehead atoms. The van der Waals surface area contributed by atoms with Crippen LogP contribution in [-0.2, 0) is 17.8 Å². The monoisotopic (exact) mass is 469 g/mol. The lowest BCUT2D eigenvalue weighted by Gasteiger charge is -2.48. The van der Waals surface area contributed by atoms with Gasteiger partial charge in [0.25, 0.3) is 0 Å². The summed E-state index contributed by atoms with van der Waals surface area (Å²) in [7, 11) is 6.49. The van der Waals surface area contributed by atoms with Crippen LogP contribution in [0.1, 0.15) is 61.6 Å². The average Bonchev–Trinajstić information content (AvgIpc) is 2.82. The SMILES string of the molecule is CC12CCC3c4cc(C[N+](C)(C)C)c(O)cc4CCC3C1CCC2=O.[I-]. The van der Waals surface area contributed by atoms with E-state index in [2.05, 4.69) is 34.1 Å². The van der Waals surface area contributed by atoms with Crippen LogP contribution in [0.4, 0.5) is 0 Å². The summed E-state index contributed by atoms with van der Waals surface area (Å²) in [4.78, 5) is 12.5. The zero-order valence-electron chi connectivity index (χ0n) is 16.5. The Labute approximate surface area is 174 Å². The molecule has 0 saturated heterocycles. The lowest BCUT2D eigenvalue weighted by atomic mass is 9.55. The molecule has 2 fully saturated rings. The molecule has 3 nitrogen and oxygen atoms in total. The number of quaternary nitrogens is 1. The molecular weight excluding hydrogens is 437 g/mol. The van der Waals surface area contributed by atoms with Gasteiger partial charge in [0, 0.05) is 17.4 Å². The van der Waals surface area contributed by atoms with Gasteiger partial charge in [0.2, 0.25) is 0 Å². The smallest absolute Gasteiger partial charge is 0.139 e. The quantitative estimate of drug-likeness (QED) is 0.519. The molecule has 0 aliphatic heterocycles. The van der Waals surface area contributed by atoms with Gasteiger partial charge in [-0.15, -0.1) is 0 Å². The molecule has 0 heterocycles. The second kappa shape index (κ2) is 6.77. The highest BCUT2D eigenvalue weighted by molar-refractivity contribution is 5.87. The van der Waals surface area contributed by atoms with E-state index in [1.54, 1.807) is 0 Å². The van der Waals surface area contributed by atoms with Gasteiger partial charge in [0.05, 0.1) is 21.1 Å². The molecule has 3 aliphatic rings.